The molecule has 2 saturated heterocycles. The maximum Gasteiger partial charge on any atom is 0.318 e. The Bertz CT molecular complexity index is 1450. The maximum atomic E-state index is 14.5. The quantitative estimate of drug-likeness (QED) is 0.403. The van der Waals surface area contributed by atoms with Gasteiger partial charge in [-0.2, -0.15) is 0 Å². The van der Waals surface area contributed by atoms with Crippen LogP contribution < -0.4 is 5.32 Å². The standard InChI is InChI=1S/C33H41BrClN7O2/c1-33(2,3)38-32(44)42-14-13-40(20-28(42)31(43)41-11-4-5-22(19-41)18-39-12-10-36-21-39)30-27-9-8-26(35)16-23(27)6-7-24-15-25(34)17-37-29(24)30/h8-10,12,15-17,21-22,28,30H,4-7,11,13-14,18-20H2,1-3H3,(H,38,44)/t22-,28-,30?/m1/s1. The summed E-state index contributed by atoms with van der Waals surface area (Å²) in [5.41, 5.74) is 4.14. The van der Waals surface area contributed by atoms with Gasteiger partial charge in [-0.1, -0.05) is 17.7 Å². The molecule has 3 atom stereocenters. The van der Waals surface area contributed by atoms with E-state index < -0.39 is 11.6 Å². The van der Waals surface area contributed by atoms with Gasteiger partial charge in [-0.3, -0.25) is 14.7 Å². The predicted molar refractivity (Wildman–Crippen MR) is 175 cm³/mol. The van der Waals surface area contributed by atoms with E-state index in [1.54, 1.807) is 11.1 Å². The molecular weight excluding hydrogens is 642 g/mol. The minimum Gasteiger partial charge on any atom is -0.341 e. The van der Waals surface area contributed by atoms with E-state index in [-0.39, 0.29) is 18.0 Å². The van der Waals surface area contributed by atoms with Crippen LogP contribution >= 0.6 is 27.5 Å². The van der Waals surface area contributed by atoms with Crippen molar-refractivity contribution in [3.63, 3.8) is 0 Å². The van der Waals surface area contributed by atoms with Crippen molar-refractivity contribution in [3.8, 4) is 0 Å². The average Bonchev–Trinajstić information content (AvgIpc) is 3.44. The second kappa shape index (κ2) is 12.8. The summed E-state index contributed by atoms with van der Waals surface area (Å²) in [7, 11) is 0. The van der Waals surface area contributed by atoms with Crippen LogP contribution in [0.1, 0.15) is 62.0 Å². The molecule has 1 aliphatic carbocycles. The van der Waals surface area contributed by atoms with Gasteiger partial charge in [-0.25, -0.2) is 9.78 Å². The largest absolute Gasteiger partial charge is 0.341 e. The molecule has 0 radical (unpaired) electrons. The summed E-state index contributed by atoms with van der Waals surface area (Å²) in [5, 5.41) is 3.84. The number of piperazine rings is 1. The second-order valence-corrected chi connectivity index (χ2v) is 14.7. The van der Waals surface area contributed by atoms with Gasteiger partial charge >= 0.3 is 6.03 Å². The molecule has 3 aliphatic rings. The number of carbonyl (C=O) groups excluding carboxylic acids is 2. The highest BCUT2D eigenvalue weighted by molar-refractivity contribution is 9.10. The number of piperidine rings is 1. The third kappa shape index (κ3) is 6.82. The fourth-order valence-electron chi connectivity index (χ4n) is 6.99. The van der Waals surface area contributed by atoms with Crippen LogP contribution in [0.2, 0.25) is 5.02 Å². The SMILES string of the molecule is CC(C)(C)NC(=O)N1CCN(C2c3ccc(Cl)cc3CCc3cc(Br)cnc32)C[C@@H]1C(=O)N1CCC[C@H](Cn2ccnc2)C1. The Labute approximate surface area is 273 Å². The number of aryl methyl sites for hydroxylation is 2. The van der Waals surface area contributed by atoms with Crippen LogP contribution in [0.25, 0.3) is 0 Å². The molecule has 2 fully saturated rings. The summed E-state index contributed by atoms with van der Waals surface area (Å²) in [5.74, 6) is 0.356. The van der Waals surface area contributed by atoms with E-state index in [9.17, 15) is 9.59 Å². The number of amides is 3. The zero-order valence-electron chi connectivity index (χ0n) is 25.7. The second-order valence-electron chi connectivity index (χ2n) is 13.4. The molecular formula is C33H41BrClN7O2. The minimum absolute atomic E-state index is 0.0167. The van der Waals surface area contributed by atoms with Gasteiger partial charge < -0.3 is 19.7 Å². The Balaban J connectivity index is 1.32. The van der Waals surface area contributed by atoms with Gasteiger partial charge in [0, 0.05) is 72.9 Å². The molecule has 234 valence electrons. The van der Waals surface area contributed by atoms with Crippen molar-refractivity contribution in [2.45, 2.75) is 70.6 Å². The molecule has 2 aromatic heterocycles. The lowest BCUT2D eigenvalue weighted by Crippen LogP contribution is -2.65. The monoisotopic (exact) mass is 681 g/mol. The topological polar surface area (TPSA) is 86.6 Å². The van der Waals surface area contributed by atoms with Gasteiger partial charge in [0.2, 0.25) is 5.91 Å². The molecule has 4 heterocycles. The molecule has 0 spiro atoms. The van der Waals surface area contributed by atoms with Gasteiger partial charge in [0.25, 0.3) is 0 Å². The Kier molecular flexibility index (Phi) is 9.04. The normalized spacial score (nSPS) is 22.6. The van der Waals surface area contributed by atoms with Crippen LogP contribution in [0.3, 0.4) is 0 Å². The van der Waals surface area contributed by atoms with Crippen molar-refractivity contribution in [3.05, 3.63) is 81.1 Å². The van der Waals surface area contributed by atoms with Gasteiger partial charge in [0.1, 0.15) is 6.04 Å². The number of halogens is 2. The molecule has 6 rings (SSSR count). The Morgan fingerprint density at radius 3 is 2.68 bits per heavy atom. The lowest BCUT2D eigenvalue weighted by atomic mass is 9.94. The number of nitrogens with zero attached hydrogens (tertiary/aromatic N) is 6. The number of rotatable bonds is 4. The summed E-state index contributed by atoms with van der Waals surface area (Å²) in [6.07, 6.45) is 11.2. The first kappa shape index (κ1) is 31.0. The molecule has 44 heavy (non-hydrogen) atoms. The van der Waals surface area contributed by atoms with Crippen molar-refractivity contribution in [1.29, 1.82) is 0 Å². The van der Waals surface area contributed by atoms with Crippen LogP contribution in [0.4, 0.5) is 4.79 Å². The van der Waals surface area contributed by atoms with Gasteiger partial charge in [-0.15, -0.1) is 0 Å². The van der Waals surface area contributed by atoms with Crippen molar-refractivity contribution < 1.29 is 9.59 Å². The van der Waals surface area contributed by atoms with Crippen molar-refractivity contribution in [1.82, 2.24) is 34.6 Å². The zero-order chi connectivity index (χ0) is 31.0. The van der Waals surface area contributed by atoms with E-state index in [0.717, 1.165) is 47.4 Å². The molecule has 9 nitrogen and oxygen atoms in total. The van der Waals surface area contributed by atoms with E-state index in [1.165, 1.54) is 16.7 Å². The Hall–Kier alpha value is -2.95. The van der Waals surface area contributed by atoms with Gasteiger partial charge in [-0.05, 0) is 103 Å². The van der Waals surface area contributed by atoms with E-state index in [4.69, 9.17) is 16.6 Å². The third-order valence-electron chi connectivity index (χ3n) is 8.95. The zero-order valence-corrected chi connectivity index (χ0v) is 28.0. The summed E-state index contributed by atoms with van der Waals surface area (Å²) >= 11 is 10.1. The molecule has 0 bridgehead atoms. The fraction of sp³-hybridized carbons (Fsp3) is 0.515. The number of pyridine rings is 1. The number of aromatic nitrogens is 3. The number of likely N-dealkylation sites (tertiary alicyclic amines) is 1. The Morgan fingerprint density at radius 2 is 1.91 bits per heavy atom. The van der Waals surface area contributed by atoms with Crippen LogP contribution in [-0.4, -0.2) is 85.5 Å². The first-order valence-corrected chi connectivity index (χ1v) is 16.7. The average molecular weight is 683 g/mol. The van der Waals surface area contributed by atoms with E-state index in [1.807, 2.05) is 50.5 Å². The van der Waals surface area contributed by atoms with Crippen molar-refractivity contribution >= 4 is 39.5 Å². The highest BCUT2D eigenvalue weighted by Gasteiger charge is 2.43. The number of hydrogen-bond acceptors (Lipinski definition) is 5. The highest BCUT2D eigenvalue weighted by Crippen LogP contribution is 2.39. The van der Waals surface area contributed by atoms with E-state index >= 15 is 0 Å². The summed E-state index contributed by atoms with van der Waals surface area (Å²) < 4.78 is 3.04. The highest BCUT2D eigenvalue weighted by atomic mass is 79.9. The number of benzene rings is 1. The third-order valence-corrected chi connectivity index (χ3v) is 9.62. The lowest BCUT2D eigenvalue weighted by molar-refractivity contribution is -0.140. The van der Waals surface area contributed by atoms with Crippen molar-refractivity contribution in [2.75, 3.05) is 32.7 Å². The molecule has 11 heteroatoms. The number of imidazole rings is 1. The van der Waals surface area contributed by atoms with Crippen LogP contribution in [0.15, 0.2) is 53.7 Å². The fourth-order valence-corrected chi connectivity index (χ4v) is 7.56. The first-order chi connectivity index (χ1) is 21.1. The number of urea groups is 1. The number of nitrogens with one attached hydrogen (secondary N) is 1. The van der Waals surface area contributed by atoms with E-state index in [0.29, 0.717) is 38.6 Å². The summed E-state index contributed by atoms with van der Waals surface area (Å²) in [6.45, 7) is 9.59. The molecule has 0 saturated carbocycles. The van der Waals surface area contributed by atoms with Crippen LogP contribution in [0, 0.1) is 5.92 Å². The van der Waals surface area contributed by atoms with Crippen molar-refractivity contribution in [2.24, 2.45) is 5.92 Å². The molecule has 1 unspecified atom stereocenters. The lowest BCUT2D eigenvalue weighted by Gasteiger charge is -2.46. The van der Waals surface area contributed by atoms with E-state index in [2.05, 4.69) is 53.9 Å². The number of hydrogen-bond donors (Lipinski definition) is 1. The summed E-state index contributed by atoms with van der Waals surface area (Å²) in [4.78, 5) is 43.4. The smallest absolute Gasteiger partial charge is 0.318 e. The number of fused-ring (bicyclic) bond motifs is 2. The minimum atomic E-state index is -0.615. The first-order valence-electron chi connectivity index (χ1n) is 15.6. The molecule has 1 N–H and O–H groups in total. The molecule has 3 aromatic rings. The summed E-state index contributed by atoms with van der Waals surface area (Å²) in [6, 6.07) is 7.32. The maximum absolute atomic E-state index is 14.5. The number of carbonyl (C=O) groups is 2. The molecule has 3 amide bonds. The predicted octanol–water partition coefficient (Wildman–Crippen LogP) is 5.32. The van der Waals surface area contributed by atoms with Crippen LogP contribution in [-0.2, 0) is 24.2 Å². The van der Waals surface area contributed by atoms with Gasteiger partial charge in [0.15, 0.2) is 0 Å². The molecule has 2 aliphatic heterocycles. The van der Waals surface area contributed by atoms with Gasteiger partial charge in [0.05, 0.1) is 18.1 Å². The van der Waals surface area contributed by atoms with Crippen LogP contribution in [0.5, 0.6) is 0 Å². The Morgan fingerprint density at radius 1 is 1.09 bits per heavy atom. The molecule has 1 aromatic carbocycles.